The first-order valence-electron chi connectivity index (χ1n) is 5.84. The Morgan fingerprint density at radius 1 is 1.44 bits per heavy atom. The third-order valence-corrected chi connectivity index (χ3v) is 5.73. The highest BCUT2D eigenvalue weighted by Gasteiger charge is 2.24. The van der Waals surface area contributed by atoms with Gasteiger partial charge in [0.05, 0.1) is 11.5 Å². The highest BCUT2D eigenvalue weighted by molar-refractivity contribution is 9.10. The first-order chi connectivity index (χ1) is 8.46. The van der Waals surface area contributed by atoms with Gasteiger partial charge >= 0.3 is 0 Å². The maximum absolute atomic E-state index is 11.5. The minimum absolute atomic E-state index is 0.0406. The molecule has 1 aliphatic heterocycles. The van der Waals surface area contributed by atoms with Crippen LogP contribution in [0.25, 0.3) is 0 Å². The Bertz CT molecular complexity index is 533. The largest absolute Gasteiger partial charge is 0.309 e. The van der Waals surface area contributed by atoms with Gasteiger partial charge in [-0.3, -0.25) is 0 Å². The highest BCUT2D eigenvalue weighted by atomic mass is 79.9. The van der Waals surface area contributed by atoms with E-state index in [4.69, 9.17) is 11.6 Å². The van der Waals surface area contributed by atoms with E-state index in [0.717, 1.165) is 22.9 Å². The summed E-state index contributed by atoms with van der Waals surface area (Å²) < 4.78 is 24.0. The molecule has 1 unspecified atom stereocenters. The van der Waals surface area contributed by atoms with Crippen molar-refractivity contribution >= 4 is 37.4 Å². The summed E-state index contributed by atoms with van der Waals surface area (Å²) in [6.45, 7) is 0.596. The lowest BCUT2D eigenvalue weighted by Gasteiger charge is -2.23. The number of hydrogen-bond donors (Lipinski definition) is 1. The van der Waals surface area contributed by atoms with Crippen LogP contribution in [0.2, 0.25) is 5.02 Å². The second-order valence-electron chi connectivity index (χ2n) is 4.57. The maximum atomic E-state index is 11.5. The van der Waals surface area contributed by atoms with Crippen molar-refractivity contribution in [1.29, 1.82) is 0 Å². The summed E-state index contributed by atoms with van der Waals surface area (Å²) in [4.78, 5) is 0. The number of nitrogens with one attached hydrogen (secondary N) is 1. The molecular formula is C12H15BrClNO2S. The van der Waals surface area contributed by atoms with Crippen molar-refractivity contribution in [3.63, 3.8) is 0 Å². The minimum Gasteiger partial charge on any atom is -0.309 e. The Kier molecular flexibility index (Phi) is 4.69. The molecule has 0 bridgehead atoms. The monoisotopic (exact) mass is 351 g/mol. The van der Waals surface area contributed by atoms with E-state index in [0.29, 0.717) is 17.3 Å². The highest BCUT2D eigenvalue weighted by Crippen LogP contribution is 2.21. The van der Waals surface area contributed by atoms with Crippen LogP contribution in [0.4, 0.5) is 0 Å². The van der Waals surface area contributed by atoms with Crippen LogP contribution in [0.5, 0.6) is 0 Å². The lowest BCUT2D eigenvalue weighted by atomic mass is 10.1. The molecule has 0 saturated carbocycles. The van der Waals surface area contributed by atoms with Crippen molar-refractivity contribution in [2.75, 3.05) is 11.5 Å². The predicted octanol–water partition coefficient (Wildman–Crippen LogP) is 2.77. The molecule has 1 saturated heterocycles. The van der Waals surface area contributed by atoms with E-state index >= 15 is 0 Å². The third kappa shape index (κ3) is 3.95. The quantitative estimate of drug-likeness (QED) is 0.910. The zero-order valence-electron chi connectivity index (χ0n) is 9.83. The molecule has 1 atom stereocenters. The summed E-state index contributed by atoms with van der Waals surface area (Å²) in [5.74, 6) is 0.557. The molecule has 2 rings (SSSR count). The summed E-state index contributed by atoms with van der Waals surface area (Å²) in [5.41, 5.74) is 0.981. The van der Waals surface area contributed by atoms with Crippen molar-refractivity contribution < 1.29 is 8.42 Å². The summed E-state index contributed by atoms with van der Waals surface area (Å²) in [5, 5.41) is 3.98. The van der Waals surface area contributed by atoms with Crippen LogP contribution in [0.15, 0.2) is 22.7 Å². The van der Waals surface area contributed by atoms with Gasteiger partial charge in [-0.2, -0.15) is 0 Å². The van der Waals surface area contributed by atoms with E-state index in [1.54, 1.807) is 0 Å². The van der Waals surface area contributed by atoms with Gasteiger partial charge in [-0.1, -0.05) is 27.5 Å². The van der Waals surface area contributed by atoms with E-state index in [-0.39, 0.29) is 11.8 Å². The summed E-state index contributed by atoms with van der Waals surface area (Å²) in [6, 6.07) is 5.71. The SMILES string of the molecule is O=S1(=O)CCCC(NCc2cc(Br)ccc2Cl)C1. The fourth-order valence-electron chi connectivity index (χ4n) is 2.12. The van der Waals surface area contributed by atoms with Crippen LogP contribution in [0.1, 0.15) is 18.4 Å². The lowest BCUT2D eigenvalue weighted by Crippen LogP contribution is -2.39. The Morgan fingerprint density at radius 3 is 2.94 bits per heavy atom. The van der Waals surface area contributed by atoms with Gasteiger partial charge in [-0.05, 0) is 36.6 Å². The molecule has 1 N–H and O–H groups in total. The van der Waals surface area contributed by atoms with Crippen molar-refractivity contribution in [1.82, 2.24) is 5.32 Å². The molecule has 3 nitrogen and oxygen atoms in total. The average molecular weight is 353 g/mol. The van der Waals surface area contributed by atoms with Crippen LogP contribution in [-0.4, -0.2) is 26.0 Å². The standard InChI is InChI=1S/C12H15BrClNO2S/c13-10-3-4-12(14)9(6-10)7-15-11-2-1-5-18(16,17)8-11/h3-4,6,11,15H,1-2,5,7-8H2. The van der Waals surface area contributed by atoms with Gasteiger partial charge in [0.1, 0.15) is 0 Å². The number of hydrogen-bond acceptors (Lipinski definition) is 3. The van der Waals surface area contributed by atoms with E-state index in [1.807, 2.05) is 18.2 Å². The van der Waals surface area contributed by atoms with Gasteiger partial charge in [0, 0.05) is 22.1 Å². The fourth-order valence-corrected chi connectivity index (χ4v) is 4.38. The topological polar surface area (TPSA) is 46.2 Å². The zero-order valence-corrected chi connectivity index (χ0v) is 13.0. The maximum Gasteiger partial charge on any atom is 0.151 e. The van der Waals surface area contributed by atoms with Crippen LogP contribution in [-0.2, 0) is 16.4 Å². The number of sulfone groups is 1. The first kappa shape index (κ1) is 14.3. The lowest BCUT2D eigenvalue weighted by molar-refractivity contribution is 0.480. The molecule has 1 heterocycles. The Morgan fingerprint density at radius 2 is 2.22 bits per heavy atom. The van der Waals surface area contributed by atoms with E-state index in [2.05, 4.69) is 21.2 Å². The van der Waals surface area contributed by atoms with E-state index in [9.17, 15) is 8.42 Å². The molecular weight excluding hydrogens is 338 g/mol. The Hall–Kier alpha value is -0.100. The van der Waals surface area contributed by atoms with E-state index < -0.39 is 9.84 Å². The molecule has 1 aliphatic rings. The first-order valence-corrected chi connectivity index (χ1v) is 8.83. The van der Waals surface area contributed by atoms with Crippen molar-refractivity contribution in [3.05, 3.63) is 33.3 Å². The summed E-state index contributed by atoms with van der Waals surface area (Å²) in [6.07, 6.45) is 1.65. The van der Waals surface area contributed by atoms with Gasteiger partial charge in [0.25, 0.3) is 0 Å². The Labute approximate surface area is 121 Å². The summed E-state index contributed by atoms with van der Waals surface area (Å²) in [7, 11) is -2.86. The molecule has 100 valence electrons. The molecule has 1 aromatic rings. The molecule has 1 aromatic carbocycles. The fraction of sp³-hybridized carbons (Fsp3) is 0.500. The molecule has 0 spiro atoms. The zero-order chi connectivity index (χ0) is 13.2. The Balaban J connectivity index is 1.97. The van der Waals surface area contributed by atoms with Crippen LogP contribution >= 0.6 is 27.5 Å². The van der Waals surface area contributed by atoms with Crippen molar-refractivity contribution in [2.45, 2.75) is 25.4 Å². The molecule has 6 heteroatoms. The van der Waals surface area contributed by atoms with Crippen molar-refractivity contribution in [2.24, 2.45) is 0 Å². The van der Waals surface area contributed by atoms with E-state index in [1.165, 1.54) is 0 Å². The predicted molar refractivity (Wildman–Crippen MR) is 77.7 cm³/mol. The smallest absolute Gasteiger partial charge is 0.151 e. The van der Waals surface area contributed by atoms with Gasteiger partial charge < -0.3 is 5.32 Å². The molecule has 18 heavy (non-hydrogen) atoms. The van der Waals surface area contributed by atoms with Gasteiger partial charge in [-0.25, -0.2) is 8.42 Å². The minimum atomic E-state index is -2.86. The normalized spacial score (nSPS) is 22.9. The molecule has 0 amide bonds. The van der Waals surface area contributed by atoms with Crippen LogP contribution in [0.3, 0.4) is 0 Å². The second-order valence-corrected chi connectivity index (χ2v) is 8.12. The molecule has 1 fully saturated rings. The van der Waals surface area contributed by atoms with Crippen molar-refractivity contribution in [3.8, 4) is 0 Å². The molecule has 0 radical (unpaired) electrons. The van der Waals surface area contributed by atoms with Gasteiger partial charge in [0.2, 0.25) is 0 Å². The van der Waals surface area contributed by atoms with Crippen LogP contribution in [0, 0.1) is 0 Å². The number of benzene rings is 1. The number of halogens is 2. The summed E-state index contributed by atoms with van der Waals surface area (Å²) >= 11 is 9.49. The average Bonchev–Trinajstić information content (AvgIpc) is 2.29. The van der Waals surface area contributed by atoms with Crippen LogP contribution < -0.4 is 5.32 Å². The van der Waals surface area contributed by atoms with Gasteiger partial charge in [0.15, 0.2) is 9.84 Å². The number of rotatable bonds is 3. The second kappa shape index (κ2) is 5.90. The molecule has 0 aromatic heterocycles. The van der Waals surface area contributed by atoms with Gasteiger partial charge in [-0.15, -0.1) is 0 Å². The molecule has 0 aliphatic carbocycles. The third-order valence-electron chi connectivity index (χ3n) is 3.05.